The number of hydrogen-bond acceptors (Lipinski definition) is 6. The molecule has 1 fully saturated rings. The molecule has 3 rings (SSSR count). The van der Waals surface area contributed by atoms with Crippen LogP contribution in [0.5, 0.6) is 0 Å². The molecule has 2 atom stereocenters. The summed E-state index contributed by atoms with van der Waals surface area (Å²) in [6.07, 6.45) is 0.896. The molecule has 0 saturated carbocycles. The van der Waals surface area contributed by atoms with Crippen molar-refractivity contribution in [3.63, 3.8) is 0 Å². The van der Waals surface area contributed by atoms with E-state index in [0.717, 1.165) is 5.56 Å². The number of likely N-dealkylation sites (tertiary alicyclic amines) is 1. The molecular weight excluding hydrogens is 378 g/mol. The standard InChI is InChI=1S/C20H23N3O4S/c1-3-27-17(25)11-14-12-28-20(21-14)22-19(26)15-9-10-16(24)23(2)18(15)13-7-5-4-6-8-13/h4-8,12,15,18H,3,9-11H2,1-2H3,(H,21,22,26). The second kappa shape index (κ2) is 8.97. The van der Waals surface area contributed by atoms with Gasteiger partial charge in [-0.05, 0) is 18.9 Å². The Morgan fingerprint density at radius 3 is 2.79 bits per heavy atom. The number of benzene rings is 1. The Balaban J connectivity index is 1.72. The van der Waals surface area contributed by atoms with Gasteiger partial charge in [-0.2, -0.15) is 0 Å². The Morgan fingerprint density at radius 1 is 1.32 bits per heavy atom. The minimum Gasteiger partial charge on any atom is -0.466 e. The maximum Gasteiger partial charge on any atom is 0.311 e. The molecule has 0 aliphatic carbocycles. The summed E-state index contributed by atoms with van der Waals surface area (Å²) in [5, 5.41) is 5.03. The van der Waals surface area contributed by atoms with Crippen molar-refractivity contribution in [3.8, 4) is 0 Å². The van der Waals surface area contributed by atoms with Crippen LogP contribution in [0.25, 0.3) is 0 Å². The van der Waals surface area contributed by atoms with Crippen molar-refractivity contribution >= 4 is 34.3 Å². The molecule has 1 saturated heterocycles. The molecule has 0 radical (unpaired) electrons. The van der Waals surface area contributed by atoms with E-state index in [-0.39, 0.29) is 36.2 Å². The molecule has 7 nitrogen and oxygen atoms in total. The van der Waals surface area contributed by atoms with Crippen LogP contribution in [0.1, 0.15) is 37.1 Å². The number of anilines is 1. The van der Waals surface area contributed by atoms with E-state index < -0.39 is 0 Å². The lowest BCUT2D eigenvalue weighted by molar-refractivity contribution is -0.142. The molecule has 0 bridgehead atoms. The van der Waals surface area contributed by atoms with E-state index in [1.165, 1.54) is 11.3 Å². The summed E-state index contributed by atoms with van der Waals surface area (Å²) < 4.78 is 4.92. The van der Waals surface area contributed by atoms with Gasteiger partial charge in [0.1, 0.15) is 0 Å². The van der Waals surface area contributed by atoms with Gasteiger partial charge in [0.05, 0.1) is 30.7 Å². The molecule has 2 heterocycles. The van der Waals surface area contributed by atoms with E-state index in [2.05, 4.69) is 10.3 Å². The highest BCUT2D eigenvalue weighted by Crippen LogP contribution is 2.36. The number of nitrogens with one attached hydrogen (secondary N) is 1. The summed E-state index contributed by atoms with van der Waals surface area (Å²) in [5.41, 5.74) is 1.50. The second-order valence-electron chi connectivity index (χ2n) is 6.62. The van der Waals surface area contributed by atoms with Gasteiger partial charge in [-0.3, -0.25) is 14.4 Å². The third-order valence-corrected chi connectivity index (χ3v) is 5.56. The van der Waals surface area contributed by atoms with Crippen LogP contribution >= 0.6 is 11.3 Å². The minimum atomic E-state index is -0.373. The van der Waals surface area contributed by atoms with Gasteiger partial charge in [-0.1, -0.05) is 30.3 Å². The van der Waals surface area contributed by atoms with E-state index in [4.69, 9.17) is 4.74 Å². The van der Waals surface area contributed by atoms with Gasteiger partial charge in [0, 0.05) is 18.8 Å². The van der Waals surface area contributed by atoms with E-state index >= 15 is 0 Å². The lowest BCUT2D eigenvalue weighted by Crippen LogP contribution is -2.44. The number of aromatic nitrogens is 1. The van der Waals surface area contributed by atoms with Gasteiger partial charge < -0.3 is 15.0 Å². The van der Waals surface area contributed by atoms with Gasteiger partial charge in [-0.25, -0.2) is 4.98 Å². The largest absolute Gasteiger partial charge is 0.466 e. The Bertz CT molecular complexity index is 852. The van der Waals surface area contributed by atoms with Crippen molar-refractivity contribution in [2.45, 2.75) is 32.2 Å². The highest BCUT2D eigenvalue weighted by molar-refractivity contribution is 7.13. The third-order valence-electron chi connectivity index (χ3n) is 4.75. The highest BCUT2D eigenvalue weighted by Gasteiger charge is 2.39. The smallest absolute Gasteiger partial charge is 0.311 e. The van der Waals surface area contributed by atoms with Crippen LogP contribution in [-0.4, -0.2) is 41.3 Å². The van der Waals surface area contributed by atoms with E-state index in [0.29, 0.717) is 30.3 Å². The van der Waals surface area contributed by atoms with Crippen molar-refractivity contribution in [1.29, 1.82) is 0 Å². The number of carbonyl (C=O) groups excluding carboxylic acids is 3. The molecular formula is C20H23N3O4S. The topological polar surface area (TPSA) is 88.6 Å². The maximum atomic E-state index is 13.0. The zero-order valence-corrected chi connectivity index (χ0v) is 16.7. The van der Waals surface area contributed by atoms with Crippen LogP contribution < -0.4 is 5.32 Å². The molecule has 2 amide bonds. The van der Waals surface area contributed by atoms with Crippen molar-refractivity contribution in [3.05, 3.63) is 47.0 Å². The van der Waals surface area contributed by atoms with E-state index in [1.807, 2.05) is 30.3 Å². The normalized spacial score (nSPS) is 19.4. The minimum absolute atomic E-state index is 0.0314. The zero-order chi connectivity index (χ0) is 20.1. The molecule has 28 heavy (non-hydrogen) atoms. The predicted molar refractivity (Wildman–Crippen MR) is 106 cm³/mol. The van der Waals surface area contributed by atoms with Crippen LogP contribution in [0.2, 0.25) is 0 Å². The number of amides is 2. The number of thiazole rings is 1. The van der Waals surface area contributed by atoms with Gasteiger partial charge >= 0.3 is 5.97 Å². The quantitative estimate of drug-likeness (QED) is 0.752. The summed E-state index contributed by atoms with van der Waals surface area (Å²) in [5.74, 6) is -0.862. The monoisotopic (exact) mass is 401 g/mol. The Labute approximate surface area is 167 Å². The SMILES string of the molecule is CCOC(=O)Cc1csc(NC(=O)C2CCC(=O)N(C)C2c2ccccc2)n1. The summed E-state index contributed by atoms with van der Waals surface area (Å²) in [7, 11) is 1.74. The number of hydrogen-bond donors (Lipinski definition) is 1. The Kier molecular flexibility index (Phi) is 6.41. The molecule has 148 valence electrons. The molecule has 1 aromatic heterocycles. The fraction of sp³-hybridized carbons (Fsp3) is 0.400. The molecule has 8 heteroatoms. The first-order valence-electron chi connectivity index (χ1n) is 9.21. The van der Waals surface area contributed by atoms with Crippen LogP contribution in [0.15, 0.2) is 35.7 Å². The fourth-order valence-electron chi connectivity index (χ4n) is 3.42. The highest BCUT2D eigenvalue weighted by atomic mass is 32.1. The lowest BCUT2D eigenvalue weighted by atomic mass is 9.84. The van der Waals surface area contributed by atoms with Gasteiger partial charge in [0.2, 0.25) is 11.8 Å². The number of nitrogens with zero attached hydrogens (tertiary/aromatic N) is 2. The average molecular weight is 401 g/mol. The summed E-state index contributed by atoms with van der Waals surface area (Å²) in [6.45, 7) is 2.07. The molecule has 1 N–H and O–H groups in total. The summed E-state index contributed by atoms with van der Waals surface area (Å²) in [6, 6.07) is 9.26. The lowest BCUT2D eigenvalue weighted by Gasteiger charge is -2.38. The van der Waals surface area contributed by atoms with Crippen LogP contribution in [0.4, 0.5) is 5.13 Å². The van der Waals surface area contributed by atoms with Crippen molar-refractivity contribution < 1.29 is 19.1 Å². The van der Waals surface area contributed by atoms with Crippen LogP contribution in [0, 0.1) is 5.92 Å². The molecule has 1 aliphatic rings. The van der Waals surface area contributed by atoms with Crippen LogP contribution in [0.3, 0.4) is 0 Å². The number of rotatable bonds is 6. The Hall–Kier alpha value is -2.74. The molecule has 2 unspecified atom stereocenters. The fourth-order valence-corrected chi connectivity index (χ4v) is 4.14. The zero-order valence-electron chi connectivity index (χ0n) is 15.9. The molecule has 1 aromatic carbocycles. The predicted octanol–water partition coefficient (Wildman–Crippen LogP) is 2.80. The first-order valence-corrected chi connectivity index (χ1v) is 10.1. The van der Waals surface area contributed by atoms with Crippen molar-refractivity contribution in [2.24, 2.45) is 5.92 Å². The number of piperidine rings is 1. The van der Waals surface area contributed by atoms with Gasteiger partial charge in [-0.15, -0.1) is 11.3 Å². The molecule has 2 aromatic rings. The van der Waals surface area contributed by atoms with E-state index in [1.54, 1.807) is 24.3 Å². The molecule has 0 spiro atoms. The first-order chi connectivity index (χ1) is 13.5. The van der Waals surface area contributed by atoms with Crippen molar-refractivity contribution in [2.75, 3.05) is 19.0 Å². The molecule has 1 aliphatic heterocycles. The average Bonchev–Trinajstić information content (AvgIpc) is 3.11. The number of esters is 1. The van der Waals surface area contributed by atoms with Crippen molar-refractivity contribution in [1.82, 2.24) is 9.88 Å². The van der Waals surface area contributed by atoms with Crippen LogP contribution in [-0.2, 0) is 25.5 Å². The summed E-state index contributed by atoms with van der Waals surface area (Å²) >= 11 is 1.27. The Morgan fingerprint density at radius 2 is 2.07 bits per heavy atom. The number of carbonyl (C=O) groups is 3. The van der Waals surface area contributed by atoms with Gasteiger partial charge in [0.15, 0.2) is 5.13 Å². The first kappa shape index (κ1) is 20.0. The third kappa shape index (κ3) is 4.56. The second-order valence-corrected chi connectivity index (χ2v) is 7.48. The number of ether oxygens (including phenoxy) is 1. The maximum absolute atomic E-state index is 13.0. The van der Waals surface area contributed by atoms with E-state index in [9.17, 15) is 14.4 Å². The van der Waals surface area contributed by atoms with Gasteiger partial charge in [0.25, 0.3) is 0 Å². The summed E-state index contributed by atoms with van der Waals surface area (Å²) in [4.78, 5) is 42.7.